The van der Waals surface area contributed by atoms with E-state index in [9.17, 15) is 4.79 Å². The fourth-order valence-electron chi connectivity index (χ4n) is 3.00. The molecule has 1 amide bonds. The Balaban J connectivity index is 1.72. The lowest BCUT2D eigenvalue weighted by Crippen LogP contribution is -2.54. The van der Waals surface area contributed by atoms with Crippen molar-refractivity contribution in [2.45, 2.75) is 51.4 Å². The van der Waals surface area contributed by atoms with Crippen molar-refractivity contribution in [1.82, 2.24) is 10.2 Å². The van der Waals surface area contributed by atoms with E-state index in [1.54, 1.807) is 0 Å². The van der Waals surface area contributed by atoms with Crippen LogP contribution in [0.25, 0.3) is 0 Å². The van der Waals surface area contributed by atoms with E-state index in [1.807, 2.05) is 0 Å². The molecular formula is C14H26N2O3. The second-order valence-electron chi connectivity index (χ2n) is 6.30. The molecule has 19 heavy (non-hydrogen) atoms. The minimum absolute atomic E-state index is 0.0837. The molecule has 1 N–H and O–H groups in total. The van der Waals surface area contributed by atoms with Crippen molar-refractivity contribution < 1.29 is 14.3 Å². The third-order valence-corrected chi connectivity index (χ3v) is 3.56. The SMILES string of the molecule is CC1CN(CC(=O)NCC2CCCO2)CC(C)(C)O1. The van der Waals surface area contributed by atoms with Crippen LogP contribution in [0.3, 0.4) is 0 Å². The molecule has 0 aromatic carbocycles. The zero-order chi connectivity index (χ0) is 13.9. The highest BCUT2D eigenvalue weighted by Gasteiger charge is 2.32. The summed E-state index contributed by atoms with van der Waals surface area (Å²) < 4.78 is 11.3. The van der Waals surface area contributed by atoms with Crippen LogP contribution in [-0.4, -0.2) is 61.4 Å². The summed E-state index contributed by atoms with van der Waals surface area (Å²) in [5, 5.41) is 2.97. The van der Waals surface area contributed by atoms with Gasteiger partial charge < -0.3 is 14.8 Å². The molecule has 0 spiro atoms. The van der Waals surface area contributed by atoms with Gasteiger partial charge in [-0.15, -0.1) is 0 Å². The minimum Gasteiger partial charge on any atom is -0.376 e. The van der Waals surface area contributed by atoms with Crippen LogP contribution in [0.5, 0.6) is 0 Å². The minimum atomic E-state index is -0.174. The van der Waals surface area contributed by atoms with Crippen molar-refractivity contribution in [2.75, 3.05) is 32.8 Å². The number of carbonyl (C=O) groups excluding carboxylic acids is 1. The average molecular weight is 270 g/mol. The third kappa shape index (κ3) is 4.75. The number of nitrogens with zero attached hydrogens (tertiary/aromatic N) is 1. The molecule has 0 aromatic rings. The first-order valence-corrected chi connectivity index (χ1v) is 7.23. The Morgan fingerprint density at radius 2 is 2.26 bits per heavy atom. The molecule has 2 unspecified atom stereocenters. The highest BCUT2D eigenvalue weighted by molar-refractivity contribution is 5.78. The molecule has 5 nitrogen and oxygen atoms in total. The van der Waals surface area contributed by atoms with Gasteiger partial charge in [0.1, 0.15) is 0 Å². The van der Waals surface area contributed by atoms with Gasteiger partial charge in [0, 0.05) is 26.2 Å². The molecule has 0 bridgehead atoms. The lowest BCUT2D eigenvalue weighted by molar-refractivity contribution is -0.139. The number of hydrogen-bond donors (Lipinski definition) is 1. The van der Waals surface area contributed by atoms with Gasteiger partial charge in [-0.25, -0.2) is 0 Å². The van der Waals surface area contributed by atoms with Gasteiger partial charge in [0.05, 0.1) is 24.4 Å². The fourth-order valence-corrected chi connectivity index (χ4v) is 3.00. The van der Waals surface area contributed by atoms with Crippen LogP contribution in [0.2, 0.25) is 0 Å². The van der Waals surface area contributed by atoms with Gasteiger partial charge in [-0.1, -0.05) is 0 Å². The topological polar surface area (TPSA) is 50.8 Å². The summed E-state index contributed by atoms with van der Waals surface area (Å²) in [6.07, 6.45) is 2.55. The summed E-state index contributed by atoms with van der Waals surface area (Å²) >= 11 is 0. The monoisotopic (exact) mass is 270 g/mol. The van der Waals surface area contributed by atoms with E-state index < -0.39 is 0 Å². The first-order chi connectivity index (χ1) is 8.94. The molecule has 0 aromatic heterocycles. The Bertz CT molecular complexity index is 314. The zero-order valence-corrected chi connectivity index (χ0v) is 12.3. The second kappa shape index (κ2) is 6.20. The molecule has 5 heteroatoms. The van der Waals surface area contributed by atoms with Gasteiger partial charge in [0.25, 0.3) is 0 Å². The van der Waals surface area contributed by atoms with Crippen molar-refractivity contribution in [3.05, 3.63) is 0 Å². The lowest BCUT2D eigenvalue weighted by atomic mass is 10.1. The van der Waals surface area contributed by atoms with E-state index >= 15 is 0 Å². The highest BCUT2D eigenvalue weighted by Crippen LogP contribution is 2.20. The maximum Gasteiger partial charge on any atom is 0.234 e. The highest BCUT2D eigenvalue weighted by atomic mass is 16.5. The van der Waals surface area contributed by atoms with Crippen molar-refractivity contribution in [3.8, 4) is 0 Å². The Hall–Kier alpha value is -0.650. The van der Waals surface area contributed by atoms with Crippen molar-refractivity contribution >= 4 is 5.91 Å². The van der Waals surface area contributed by atoms with Gasteiger partial charge >= 0.3 is 0 Å². The van der Waals surface area contributed by atoms with Crippen LogP contribution in [0.1, 0.15) is 33.6 Å². The van der Waals surface area contributed by atoms with Crippen molar-refractivity contribution in [3.63, 3.8) is 0 Å². The number of hydrogen-bond acceptors (Lipinski definition) is 4. The summed E-state index contributed by atoms with van der Waals surface area (Å²) in [5.74, 6) is 0.0837. The summed E-state index contributed by atoms with van der Waals surface area (Å²) in [6.45, 7) is 9.72. The van der Waals surface area contributed by atoms with E-state index in [-0.39, 0.29) is 23.7 Å². The van der Waals surface area contributed by atoms with Crippen molar-refractivity contribution in [2.24, 2.45) is 0 Å². The maximum atomic E-state index is 11.9. The molecule has 2 heterocycles. The second-order valence-corrected chi connectivity index (χ2v) is 6.30. The molecule has 0 radical (unpaired) electrons. The summed E-state index contributed by atoms with van der Waals surface area (Å²) in [6, 6.07) is 0. The van der Waals surface area contributed by atoms with Crippen LogP contribution >= 0.6 is 0 Å². The Kier molecular flexibility index (Phi) is 4.81. The van der Waals surface area contributed by atoms with E-state index in [4.69, 9.17) is 9.47 Å². The zero-order valence-electron chi connectivity index (χ0n) is 12.3. The summed E-state index contributed by atoms with van der Waals surface area (Å²) in [4.78, 5) is 14.1. The number of amides is 1. The molecule has 2 aliphatic heterocycles. The van der Waals surface area contributed by atoms with Gasteiger partial charge in [-0.3, -0.25) is 9.69 Å². The molecule has 110 valence electrons. The third-order valence-electron chi connectivity index (χ3n) is 3.56. The molecular weight excluding hydrogens is 244 g/mol. The molecule has 2 saturated heterocycles. The van der Waals surface area contributed by atoms with Crippen LogP contribution in [0.15, 0.2) is 0 Å². The number of nitrogens with one attached hydrogen (secondary N) is 1. The number of ether oxygens (including phenoxy) is 2. The normalized spacial score (nSPS) is 31.3. The number of carbonyl (C=O) groups is 1. The summed E-state index contributed by atoms with van der Waals surface area (Å²) in [5.41, 5.74) is -0.174. The Morgan fingerprint density at radius 1 is 1.47 bits per heavy atom. The van der Waals surface area contributed by atoms with Gasteiger partial charge in [0.15, 0.2) is 0 Å². The molecule has 2 rings (SSSR count). The van der Waals surface area contributed by atoms with Crippen LogP contribution in [0, 0.1) is 0 Å². The Morgan fingerprint density at radius 3 is 2.89 bits per heavy atom. The van der Waals surface area contributed by atoms with Crippen LogP contribution in [0.4, 0.5) is 0 Å². The largest absolute Gasteiger partial charge is 0.376 e. The first kappa shape index (κ1) is 14.8. The Labute approximate surface area is 115 Å². The lowest BCUT2D eigenvalue weighted by Gasteiger charge is -2.41. The predicted octanol–water partition coefficient (Wildman–Crippen LogP) is 0.781. The smallest absolute Gasteiger partial charge is 0.234 e. The number of rotatable bonds is 4. The van der Waals surface area contributed by atoms with E-state index in [0.717, 1.165) is 32.5 Å². The molecule has 0 saturated carbocycles. The summed E-state index contributed by atoms with van der Waals surface area (Å²) in [7, 11) is 0. The van der Waals surface area contributed by atoms with Gasteiger partial charge in [0.2, 0.25) is 5.91 Å². The molecule has 2 aliphatic rings. The van der Waals surface area contributed by atoms with Crippen LogP contribution in [-0.2, 0) is 14.3 Å². The predicted molar refractivity (Wildman–Crippen MR) is 73.0 cm³/mol. The quantitative estimate of drug-likeness (QED) is 0.820. The van der Waals surface area contributed by atoms with Crippen LogP contribution < -0.4 is 5.32 Å². The van der Waals surface area contributed by atoms with E-state index in [2.05, 4.69) is 31.0 Å². The van der Waals surface area contributed by atoms with E-state index in [0.29, 0.717) is 13.1 Å². The van der Waals surface area contributed by atoms with E-state index in [1.165, 1.54) is 0 Å². The number of morpholine rings is 1. The molecule has 2 atom stereocenters. The van der Waals surface area contributed by atoms with Crippen molar-refractivity contribution in [1.29, 1.82) is 0 Å². The fraction of sp³-hybridized carbons (Fsp3) is 0.929. The molecule has 0 aliphatic carbocycles. The maximum absolute atomic E-state index is 11.9. The standard InChI is InChI=1S/C14H26N2O3/c1-11-8-16(10-14(2,3)19-11)9-13(17)15-7-12-5-4-6-18-12/h11-12H,4-10H2,1-3H3,(H,15,17). The van der Waals surface area contributed by atoms with Gasteiger partial charge in [-0.2, -0.15) is 0 Å². The first-order valence-electron chi connectivity index (χ1n) is 7.23. The molecule has 2 fully saturated rings. The average Bonchev–Trinajstić information content (AvgIpc) is 2.75. The van der Waals surface area contributed by atoms with Gasteiger partial charge in [-0.05, 0) is 33.6 Å².